The summed E-state index contributed by atoms with van der Waals surface area (Å²) in [5, 5.41) is 0. The molecule has 21 heavy (non-hydrogen) atoms. The van der Waals surface area contributed by atoms with Crippen molar-refractivity contribution in [2.45, 2.75) is 27.7 Å². The van der Waals surface area contributed by atoms with E-state index in [1.54, 1.807) is 4.90 Å². The van der Waals surface area contributed by atoms with Crippen LogP contribution in [0.15, 0.2) is 6.07 Å². The van der Waals surface area contributed by atoms with Crippen molar-refractivity contribution < 1.29 is 4.79 Å². The number of hydrogen-bond donors (Lipinski definition) is 1. The fourth-order valence-electron chi connectivity index (χ4n) is 2.35. The Bertz CT molecular complexity index is 541. The molecule has 1 heterocycles. The first-order valence-corrected chi connectivity index (χ1v) is 7.49. The number of pyridine rings is 1. The van der Waals surface area contributed by atoms with Gasteiger partial charge >= 0.3 is 0 Å². The number of likely N-dealkylation sites (N-methyl/N-ethyl adjacent to an activating group) is 2. The van der Waals surface area contributed by atoms with E-state index < -0.39 is 0 Å². The van der Waals surface area contributed by atoms with Crippen LogP contribution in [0.5, 0.6) is 0 Å². The fraction of sp³-hybridized carbons (Fsp3) is 0.533. The number of amides is 1. The minimum absolute atomic E-state index is 0.0670. The Morgan fingerprint density at radius 1 is 1.33 bits per heavy atom. The third kappa shape index (κ3) is 4.14. The van der Waals surface area contributed by atoms with Gasteiger partial charge in [0, 0.05) is 25.8 Å². The molecule has 0 aliphatic rings. The van der Waals surface area contributed by atoms with Gasteiger partial charge in [-0.25, -0.2) is 4.98 Å². The SMILES string of the molecule is CCN(CC)C(=O)CN(C)c1nc(C)cc(C)c1C(N)=S. The summed E-state index contributed by atoms with van der Waals surface area (Å²) in [6.07, 6.45) is 0. The Hall–Kier alpha value is -1.69. The number of thiocarbonyl (C=S) groups is 1. The van der Waals surface area contributed by atoms with Crippen molar-refractivity contribution in [3.05, 3.63) is 22.9 Å². The van der Waals surface area contributed by atoms with Gasteiger partial charge in [-0.15, -0.1) is 0 Å². The van der Waals surface area contributed by atoms with Crippen LogP contribution in [0.1, 0.15) is 30.7 Å². The van der Waals surface area contributed by atoms with Gasteiger partial charge in [-0.05, 0) is 39.3 Å². The van der Waals surface area contributed by atoms with Gasteiger partial charge in [0.05, 0.1) is 12.1 Å². The number of nitrogens with two attached hydrogens (primary N) is 1. The highest BCUT2D eigenvalue weighted by molar-refractivity contribution is 7.80. The van der Waals surface area contributed by atoms with Crippen LogP contribution in [0, 0.1) is 13.8 Å². The molecule has 0 fully saturated rings. The topological polar surface area (TPSA) is 62.5 Å². The lowest BCUT2D eigenvalue weighted by molar-refractivity contribution is -0.129. The summed E-state index contributed by atoms with van der Waals surface area (Å²) in [4.78, 5) is 20.6. The largest absolute Gasteiger partial charge is 0.389 e. The Kier molecular flexibility index (Phi) is 6.08. The van der Waals surface area contributed by atoms with E-state index in [1.807, 2.05) is 45.7 Å². The maximum Gasteiger partial charge on any atom is 0.242 e. The minimum Gasteiger partial charge on any atom is -0.389 e. The maximum atomic E-state index is 12.2. The van der Waals surface area contributed by atoms with Crippen LogP contribution in [-0.4, -0.2) is 47.5 Å². The van der Waals surface area contributed by atoms with E-state index in [0.717, 1.165) is 16.8 Å². The molecule has 0 radical (unpaired) electrons. The van der Waals surface area contributed by atoms with E-state index in [9.17, 15) is 4.79 Å². The molecule has 6 heteroatoms. The van der Waals surface area contributed by atoms with E-state index in [2.05, 4.69) is 4.98 Å². The van der Waals surface area contributed by atoms with Crippen molar-refractivity contribution in [3.63, 3.8) is 0 Å². The number of nitrogens with zero attached hydrogens (tertiary/aromatic N) is 3. The fourth-order valence-corrected chi connectivity index (χ4v) is 2.60. The zero-order valence-electron chi connectivity index (χ0n) is 13.4. The first-order valence-electron chi connectivity index (χ1n) is 7.08. The summed E-state index contributed by atoms with van der Waals surface area (Å²) < 4.78 is 0. The molecule has 0 aliphatic heterocycles. The second-order valence-electron chi connectivity index (χ2n) is 5.07. The molecule has 0 aliphatic carbocycles. The summed E-state index contributed by atoms with van der Waals surface area (Å²) >= 11 is 5.13. The van der Waals surface area contributed by atoms with Gasteiger partial charge in [0.15, 0.2) is 0 Å². The van der Waals surface area contributed by atoms with Crippen molar-refractivity contribution in [2.75, 3.05) is 31.6 Å². The molecule has 0 unspecified atom stereocenters. The summed E-state index contributed by atoms with van der Waals surface area (Å²) in [7, 11) is 1.84. The molecule has 0 atom stereocenters. The molecule has 0 saturated heterocycles. The van der Waals surface area contributed by atoms with Gasteiger partial charge in [0.1, 0.15) is 10.8 Å². The highest BCUT2D eigenvalue weighted by atomic mass is 32.1. The number of anilines is 1. The predicted octanol–water partition coefficient (Wildman–Crippen LogP) is 1.64. The zero-order valence-corrected chi connectivity index (χ0v) is 14.3. The average Bonchev–Trinajstić information content (AvgIpc) is 2.38. The zero-order chi connectivity index (χ0) is 16.2. The van der Waals surface area contributed by atoms with Crippen molar-refractivity contribution in [1.29, 1.82) is 0 Å². The highest BCUT2D eigenvalue weighted by Gasteiger charge is 2.19. The number of carbonyl (C=O) groups excluding carboxylic acids is 1. The molecule has 116 valence electrons. The van der Waals surface area contributed by atoms with Gasteiger partial charge in [-0.1, -0.05) is 12.2 Å². The number of rotatable bonds is 6. The van der Waals surface area contributed by atoms with Crippen LogP contribution in [0.2, 0.25) is 0 Å². The first-order chi connectivity index (χ1) is 9.81. The monoisotopic (exact) mass is 308 g/mol. The van der Waals surface area contributed by atoms with Crippen LogP contribution in [0.3, 0.4) is 0 Å². The number of hydrogen-bond acceptors (Lipinski definition) is 4. The van der Waals surface area contributed by atoms with Gasteiger partial charge in [0.2, 0.25) is 5.91 Å². The molecule has 0 saturated carbocycles. The lowest BCUT2D eigenvalue weighted by atomic mass is 10.1. The van der Waals surface area contributed by atoms with Gasteiger partial charge in [0.25, 0.3) is 0 Å². The quantitative estimate of drug-likeness (QED) is 0.810. The van der Waals surface area contributed by atoms with Crippen LogP contribution < -0.4 is 10.6 Å². The van der Waals surface area contributed by atoms with Crippen LogP contribution >= 0.6 is 12.2 Å². The van der Waals surface area contributed by atoms with Crippen molar-refractivity contribution in [1.82, 2.24) is 9.88 Å². The van der Waals surface area contributed by atoms with Crippen molar-refractivity contribution in [3.8, 4) is 0 Å². The second-order valence-corrected chi connectivity index (χ2v) is 5.51. The number of carbonyl (C=O) groups is 1. The van der Waals surface area contributed by atoms with Crippen LogP contribution in [0.25, 0.3) is 0 Å². The average molecular weight is 308 g/mol. The summed E-state index contributed by atoms with van der Waals surface area (Å²) in [6, 6.07) is 1.94. The molecule has 2 N–H and O–H groups in total. The lowest BCUT2D eigenvalue weighted by Crippen LogP contribution is -2.39. The Balaban J connectivity index is 3.10. The second kappa shape index (κ2) is 7.36. The Morgan fingerprint density at radius 2 is 1.90 bits per heavy atom. The lowest BCUT2D eigenvalue weighted by Gasteiger charge is -2.26. The molecule has 0 spiro atoms. The molecule has 1 aromatic rings. The summed E-state index contributed by atoms with van der Waals surface area (Å²) in [6.45, 7) is 9.46. The normalized spacial score (nSPS) is 10.3. The maximum absolute atomic E-state index is 12.2. The molecule has 1 amide bonds. The third-order valence-electron chi connectivity index (χ3n) is 3.42. The van der Waals surface area contributed by atoms with Gasteiger partial charge < -0.3 is 15.5 Å². The van der Waals surface area contributed by atoms with E-state index >= 15 is 0 Å². The van der Waals surface area contributed by atoms with Gasteiger partial charge in [-0.3, -0.25) is 4.79 Å². The summed E-state index contributed by atoms with van der Waals surface area (Å²) in [5.74, 6) is 0.734. The highest BCUT2D eigenvalue weighted by Crippen LogP contribution is 2.21. The summed E-state index contributed by atoms with van der Waals surface area (Å²) in [5.41, 5.74) is 8.41. The Morgan fingerprint density at radius 3 is 2.38 bits per heavy atom. The predicted molar refractivity (Wildman–Crippen MR) is 90.8 cm³/mol. The van der Waals surface area contributed by atoms with Crippen molar-refractivity contribution >= 4 is 28.9 Å². The minimum atomic E-state index is 0.0670. The first kappa shape index (κ1) is 17.4. The third-order valence-corrected chi connectivity index (χ3v) is 3.63. The van der Waals surface area contributed by atoms with E-state index in [1.165, 1.54) is 0 Å². The van der Waals surface area contributed by atoms with E-state index in [-0.39, 0.29) is 12.5 Å². The number of aromatic nitrogens is 1. The Labute approximate surface area is 132 Å². The standard InChI is InChI=1S/C15H24N4OS/c1-6-19(7-2)12(20)9-18(5)15-13(14(16)21)10(3)8-11(4)17-15/h8H,6-7,9H2,1-5H3,(H2,16,21). The smallest absolute Gasteiger partial charge is 0.242 e. The van der Waals surface area contributed by atoms with E-state index in [4.69, 9.17) is 18.0 Å². The number of aryl methyl sites for hydroxylation is 2. The molecule has 1 aromatic heterocycles. The molecule has 0 bridgehead atoms. The van der Waals surface area contributed by atoms with Crippen molar-refractivity contribution in [2.24, 2.45) is 5.73 Å². The van der Waals surface area contributed by atoms with E-state index in [0.29, 0.717) is 23.9 Å². The molecule has 5 nitrogen and oxygen atoms in total. The molecule has 1 rings (SSSR count). The van der Waals surface area contributed by atoms with Gasteiger partial charge in [-0.2, -0.15) is 0 Å². The molecular weight excluding hydrogens is 284 g/mol. The van der Waals surface area contributed by atoms with Crippen LogP contribution in [0.4, 0.5) is 5.82 Å². The molecular formula is C15H24N4OS. The van der Waals surface area contributed by atoms with Crippen LogP contribution in [-0.2, 0) is 4.79 Å². The molecule has 0 aromatic carbocycles.